The number of carbonyl (C=O) groups excluding carboxylic acids is 3. The summed E-state index contributed by atoms with van der Waals surface area (Å²) in [6, 6.07) is 7.35. The van der Waals surface area contributed by atoms with Crippen molar-refractivity contribution in [1.82, 2.24) is 9.55 Å². The molecule has 15 nitrogen and oxygen atoms in total. The number of aromatic nitrogens is 2. The Hall–Kier alpha value is -5.60. The summed E-state index contributed by atoms with van der Waals surface area (Å²) in [5.41, 5.74) is -0.112. The molecule has 0 bridgehead atoms. The highest BCUT2D eigenvalue weighted by Gasteiger charge is 2.30. The van der Waals surface area contributed by atoms with E-state index in [9.17, 15) is 34.4 Å². The number of esters is 1. The van der Waals surface area contributed by atoms with Gasteiger partial charge in [-0.15, -0.1) is 0 Å². The third-order valence-electron chi connectivity index (χ3n) is 5.42. The van der Waals surface area contributed by atoms with Crippen LogP contribution in [0.5, 0.6) is 0 Å². The molecule has 0 aliphatic carbocycles. The number of nitro groups is 1. The number of nitro benzene ring substituents is 1. The number of fused-ring (bicyclic) bond motifs is 1. The van der Waals surface area contributed by atoms with E-state index in [1.54, 1.807) is 19.1 Å². The zero-order valence-corrected chi connectivity index (χ0v) is 20.2. The fourth-order valence-electron chi connectivity index (χ4n) is 3.68. The predicted octanol–water partition coefficient (Wildman–Crippen LogP) is 2.86. The second-order valence-corrected chi connectivity index (χ2v) is 7.91. The lowest BCUT2D eigenvalue weighted by molar-refractivity contribution is -0.384. The van der Waals surface area contributed by atoms with Gasteiger partial charge in [-0.25, -0.2) is 24.4 Å². The zero-order chi connectivity index (χ0) is 28.1. The predicted molar refractivity (Wildman–Crippen MR) is 135 cm³/mol. The number of carbonyl (C=O) groups is 4. The van der Waals surface area contributed by atoms with Gasteiger partial charge in [0.15, 0.2) is 5.71 Å². The van der Waals surface area contributed by atoms with Crippen LogP contribution >= 0.6 is 0 Å². The van der Waals surface area contributed by atoms with Crippen molar-refractivity contribution >= 4 is 52.8 Å². The number of nitrogens with zero attached hydrogens (tertiary/aromatic N) is 4. The van der Waals surface area contributed by atoms with Gasteiger partial charge < -0.3 is 24.7 Å². The largest absolute Gasteiger partial charge is 0.477 e. The highest BCUT2D eigenvalue weighted by Crippen LogP contribution is 2.38. The molecule has 1 aliphatic rings. The van der Waals surface area contributed by atoms with Gasteiger partial charge in [-0.1, -0.05) is 12.1 Å². The molecule has 0 fully saturated rings. The SMILES string of the molecule is CCOC(=O)c1ccccc1NC(=O)OCc1cn(-c2cc3c(cc2[N+](=O)[O-])NC(C=O)C(C(=O)O)=N3)cn1. The number of rotatable bonds is 9. The molecule has 200 valence electrons. The summed E-state index contributed by atoms with van der Waals surface area (Å²) in [4.78, 5) is 66.3. The molecule has 1 unspecified atom stereocenters. The number of para-hydroxylation sites is 1. The molecule has 15 heteroatoms. The van der Waals surface area contributed by atoms with Crippen LogP contribution in [0.3, 0.4) is 0 Å². The zero-order valence-electron chi connectivity index (χ0n) is 20.2. The fourth-order valence-corrected chi connectivity index (χ4v) is 3.68. The first kappa shape index (κ1) is 26.5. The van der Waals surface area contributed by atoms with Crippen LogP contribution in [-0.2, 0) is 25.7 Å². The molecule has 1 aromatic heterocycles. The summed E-state index contributed by atoms with van der Waals surface area (Å²) in [6.07, 6.45) is 2.07. The molecular formula is C24H20N6O9. The third kappa shape index (κ3) is 5.71. The molecule has 2 aromatic carbocycles. The number of aliphatic carboxylic acids is 1. The average molecular weight is 536 g/mol. The Balaban J connectivity index is 1.53. The second kappa shape index (κ2) is 11.2. The summed E-state index contributed by atoms with van der Waals surface area (Å²) >= 11 is 0. The number of aliphatic imine (C=N–C) groups is 1. The lowest BCUT2D eigenvalue weighted by atomic mass is 10.1. The number of anilines is 2. The van der Waals surface area contributed by atoms with Gasteiger partial charge in [0, 0.05) is 12.3 Å². The molecule has 1 atom stereocenters. The standard InChI is InChI=1S/C24H20N6O9/c1-2-38-23(34)14-5-3-4-6-15(14)28-24(35)39-11-13-9-29(12-25-13)19-7-17-16(8-20(19)30(36)37)26-18(10-31)21(27-17)22(32)33/h3-10,12,18,26H,2,11H2,1H3,(H,28,35)(H,32,33). The molecule has 0 saturated carbocycles. The minimum atomic E-state index is -1.42. The van der Waals surface area contributed by atoms with Gasteiger partial charge in [-0.3, -0.25) is 20.0 Å². The number of ether oxygens (including phenoxy) is 2. The van der Waals surface area contributed by atoms with E-state index in [4.69, 9.17) is 9.47 Å². The van der Waals surface area contributed by atoms with E-state index in [2.05, 4.69) is 20.6 Å². The maximum absolute atomic E-state index is 12.3. The van der Waals surface area contributed by atoms with E-state index >= 15 is 0 Å². The monoisotopic (exact) mass is 536 g/mol. The Bertz CT molecular complexity index is 1510. The quantitative estimate of drug-likeness (QED) is 0.157. The molecule has 0 radical (unpaired) electrons. The van der Waals surface area contributed by atoms with E-state index in [1.165, 1.54) is 35.3 Å². The maximum atomic E-state index is 12.3. The van der Waals surface area contributed by atoms with Crippen LogP contribution < -0.4 is 10.6 Å². The topological polar surface area (TPSA) is 204 Å². The number of hydrogen-bond donors (Lipinski definition) is 3. The number of carboxylic acids is 1. The van der Waals surface area contributed by atoms with Crippen LogP contribution in [0.2, 0.25) is 0 Å². The Labute approximate surface area is 219 Å². The van der Waals surface area contributed by atoms with Gasteiger partial charge in [0.05, 0.1) is 46.2 Å². The van der Waals surface area contributed by atoms with E-state index in [1.807, 2.05) is 0 Å². The van der Waals surface area contributed by atoms with E-state index in [0.717, 1.165) is 6.07 Å². The van der Waals surface area contributed by atoms with Crippen molar-refractivity contribution in [3.8, 4) is 5.69 Å². The van der Waals surface area contributed by atoms with Crippen LogP contribution in [-0.4, -0.2) is 62.3 Å². The van der Waals surface area contributed by atoms with Crippen LogP contribution in [0, 0.1) is 10.1 Å². The number of hydrogen-bond acceptors (Lipinski definition) is 11. The average Bonchev–Trinajstić information content (AvgIpc) is 3.39. The smallest absolute Gasteiger partial charge is 0.412 e. The summed E-state index contributed by atoms with van der Waals surface area (Å²) < 4.78 is 11.4. The molecular weight excluding hydrogens is 516 g/mol. The van der Waals surface area contributed by atoms with Crippen molar-refractivity contribution in [2.75, 3.05) is 17.2 Å². The summed E-state index contributed by atoms with van der Waals surface area (Å²) in [6.45, 7) is 1.50. The van der Waals surface area contributed by atoms with Crippen molar-refractivity contribution in [3.63, 3.8) is 0 Å². The van der Waals surface area contributed by atoms with Crippen LogP contribution in [0.15, 0.2) is 53.9 Å². The summed E-state index contributed by atoms with van der Waals surface area (Å²) in [5.74, 6) is -2.04. The Kier molecular flexibility index (Phi) is 7.60. The van der Waals surface area contributed by atoms with Crippen molar-refractivity contribution in [2.24, 2.45) is 4.99 Å². The van der Waals surface area contributed by atoms with Crippen molar-refractivity contribution in [3.05, 3.63) is 70.3 Å². The van der Waals surface area contributed by atoms with Crippen molar-refractivity contribution in [2.45, 2.75) is 19.6 Å². The van der Waals surface area contributed by atoms with Gasteiger partial charge in [-0.2, -0.15) is 0 Å². The first-order valence-electron chi connectivity index (χ1n) is 11.3. The number of amides is 1. The van der Waals surface area contributed by atoms with Gasteiger partial charge in [0.1, 0.15) is 24.6 Å². The molecule has 0 saturated heterocycles. The third-order valence-corrected chi connectivity index (χ3v) is 5.42. The van der Waals surface area contributed by atoms with Crippen LogP contribution in [0.4, 0.5) is 27.5 Å². The molecule has 3 N–H and O–H groups in total. The molecule has 4 rings (SSSR count). The maximum Gasteiger partial charge on any atom is 0.412 e. The van der Waals surface area contributed by atoms with Gasteiger partial charge in [-0.05, 0) is 25.1 Å². The minimum Gasteiger partial charge on any atom is -0.477 e. The first-order chi connectivity index (χ1) is 18.7. The van der Waals surface area contributed by atoms with Crippen molar-refractivity contribution in [1.29, 1.82) is 0 Å². The Morgan fingerprint density at radius 1 is 1.26 bits per heavy atom. The molecule has 3 aromatic rings. The number of imidazole rings is 1. The molecule has 0 spiro atoms. The van der Waals surface area contributed by atoms with E-state index in [0.29, 0.717) is 6.29 Å². The first-order valence-corrected chi connectivity index (χ1v) is 11.3. The number of aldehydes is 1. The van der Waals surface area contributed by atoms with E-state index < -0.39 is 34.7 Å². The van der Waals surface area contributed by atoms with Crippen molar-refractivity contribution < 1.29 is 38.7 Å². The highest BCUT2D eigenvalue weighted by molar-refractivity contribution is 6.42. The Morgan fingerprint density at radius 2 is 2.03 bits per heavy atom. The molecule has 1 amide bonds. The summed E-state index contributed by atoms with van der Waals surface area (Å²) in [7, 11) is 0. The van der Waals surface area contributed by atoms with Crippen LogP contribution in [0.1, 0.15) is 23.0 Å². The normalized spacial score (nSPS) is 13.8. The van der Waals surface area contributed by atoms with Gasteiger partial charge in [0.2, 0.25) is 0 Å². The molecule has 1 aliphatic heterocycles. The number of nitrogens with one attached hydrogen (secondary N) is 2. The molecule has 2 heterocycles. The highest BCUT2D eigenvalue weighted by atomic mass is 16.6. The fraction of sp³-hybridized carbons (Fsp3) is 0.167. The van der Waals surface area contributed by atoms with E-state index in [-0.39, 0.29) is 52.9 Å². The molecule has 39 heavy (non-hydrogen) atoms. The second-order valence-electron chi connectivity index (χ2n) is 7.91. The van der Waals surface area contributed by atoms with Gasteiger partial charge in [0.25, 0.3) is 5.69 Å². The number of benzene rings is 2. The van der Waals surface area contributed by atoms with Crippen LogP contribution in [0.25, 0.3) is 5.69 Å². The Morgan fingerprint density at radius 3 is 2.72 bits per heavy atom. The number of carboxylic acid groups (broad SMARTS) is 1. The lowest BCUT2D eigenvalue weighted by Gasteiger charge is -2.21. The van der Waals surface area contributed by atoms with Gasteiger partial charge >= 0.3 is 18.0 Å². The lowest BCUT2D eigenvalue weighted by Crippen LogP contribution is -2.38. The minimum absolute atomic E-state index is 0.00478. The summed E-state index contributed by atoms with van der Waals surface area (Å²) in [5, 5.41) is 26.2.